The van der Waals surface area contributed by atoms with Crippen LogP contribution < -0.4 is 10.1 Å². The molecule has 3 rings (SSSR count). The van der Waals surface area contributed by atoms with Crippen LogP contribution in [-0.2, 0) is 11.2 Å². The van der Waals surface area contributed by atoms with Gasteiger partial charge in [0.2, 0.25) is 5.91 Å². The van der Waals surface area contributed by atoms with Crippen LogP contribution in [0.15, 0.2) is 67.0 Å². The van der Waals surface area contributed by atoms with Crippen LogP contribution in [0.25, 0.3) is 5.69 Å². The third-order valence-corrected chi connectivity index (χ3v) is 3.72. The Hall–Kier alpha value is -3.22. The Balaban J connectivity index is 1.58. The lowest BCUT2D eigenvalue weighted by Crippen LogP contribution is -2.14. The summed E-state index contributed by atoms with van der Waals surface area (Å²) in [4.78, 5) is 12.3. The number of hydrogen-bond donors (Lipinski definition) is 1. The van der Waals surface area contributed by atoms with Crippen molar-refractivity contribution >= 4 is 11.6 Å². The van der Waals surface area contributed by atoms with Crippen molar-refractivity contribution in [2.45, 2.75) is 19.5 Å². The van der Waals surface area contributed by atoms with Crippen molar-refractivity contribution in [3.05, 3.63) is 72.6 Å². The van der Waals surface area contributed by atoms with Crippen molar-refractivity contribution in [2.24, 2.45) is 0 Å². The summed E-state index contributed by atoms with van der Waals surface area (Å²) in [6.45, 7) is -2.85. The monoisotopic (exact) mass is 357 g/mol. The Labute approximate surface area is 149 Å². The number of carbonyl (C=O) groups excluding carboxylic acids is 1. The van der Waals surface area contributed by atoms with E-state index in [1.165, 1.54) is 12.1 Å². The van der Waals surface area contributed by atoms with Crippen LogP contribution in [0.2, 0.25) is 0 Å². The molecule has 0 spiro atoms. The van der Waals surface area contributed by atoms with Gasteiger partial charge < -0.3 is 10.1 Å². The van der Waals surface area contributed by atoms with Gasteiger partial charge in [-0.25, -0.2) is 4.68 Å². The normalized spacial score (nSPS) is 10.7. The molecular formula is C19H17F2N3O2. The lowest BCUT2D eigenvalue weighted by atomic mass is 10.1. The molecule has 0 saturated carbocycles. The van der Waals surface area contributed by atoms with Crippen LogP contribution >= 0.6 is 0 Å². The average molecular weight is 357 g/mol. The van der Waals surface area contributed by atoms with Crippen molar-refractivity contribution in [2.75, 3.05) is 5.32 Å². The molecule has 0 saturated heterocycles. The van der Waals surface area contributed by atoms with Crippen LogP contribution in [-0.4, -0.2) is 22.3 Å². The van der Waals surface area contributed by atoms with Crippen molar-refractivity contribution in [1.82, 2.24) is 9.78 Å². The highest BCUT2D eigenvalue weighted by molar-refractivity contribution is 5.92. The minimum atomic E-state index is -2.85. The van der Waals surface area contributed by atoms with E-state index in [9.17, 15) is 13.6 Å². The molecule has 1 amide bonds. The molecule has 0 fully saturated rings. The number of rotatable bonds is 7. The fraction of sp³-hybridized carbons (Fsp3) is 0.158. The Morgan fingerprint density at radius 1 is 1.12 bits per heavy atom. The highest BCUT2D eigenvalue weighted by atomic mass is 19.3. The van der Waals surface area contributed by atoms with E-state index >= 15 is 0 Å². The molecular weight excluding hydrogens is 340 g/mol. The van der Waals surface area contributed by atoms with E-state index in [4.69, 9.17) is 0 Å². The van der Waals surface area contributed by atoms with Gasteiger partial charge in [0.1, 0.15) is 5.75 Å². The summed E-state index contributed by atoms with van der Waals surface area (Å²) in [5.41, 5.74) is 2.31. The predicted octanol–water partition coefficient (Wildman–Crippen LogP) is 4.05. The van der Waals surface area contributed by atoms with Gasteiger partial charge in [-0.2, -0.15) is 13.9 Å². The standard InChI is InChI=1S/C19H17F2N3O2/c20-19(21)26-15-9-6-14(7-10-15)8-11-18(25)23-16-4-1-2-5-17(16)24-13-3-12-22-24/h1-7,9-10,12-13,19H,8,11H2,(H,23,25). The second-order valence-corrected chi connectivity index (χ2v) is 5.54. The summed E-state index contributed by atoms with van der Waals surface area (Å²) >= 11 is 0. The first-order valence-electron chi connectivity index (χ1n) is 8.04. The van der Waals surface area contributed by atoms with Crippen molar-refractivity contribution in [3.8, 4) is 11.4 Å². The molecule has 0 aliphatic rings. The zero-order valence-electron chi connectivity index (χ0n) is 13.8. The SMILES string of the molecule is O=C(CCc1ccc(OC(F)F)cc1)Nc1ccccc1-n1cccn1. The van der Waals surface area contributed by atoms with Gasteiger partial charge in [-0.1, -0.05) is 24.3 Å². The Bertz CT molecular complexity index is 849. The van der Waals surface area contributed by atoms with Gasteiger partial charge in [0.05, 0.1) is 11.4 Å². The maximum atomic E-state index is 12.3. The smallest absolute Gasteiger partial charge is 0.387 e. The van der Waals surface area contributed by atoms with E-state index < -0.39 is 6.61 Å². The largest absolute Gasteiger partial charge is 0.435 e. The Morgan fingerprint density at radius 2 is 1.88 bits per heavy atom. The van der Waals surface area contributed by atoms with Crippen LogP contribution in [0, 0.1) is 0 Å². The van der Waals surface area contributed by atoms with Gasteiger partial charge in [-0.3, -0.25) is 4.79 Å². The number of amides is 1. The average Bonchev–Trinajstić information content (AvgIpc) is 3.16. The quantitative estimate of drug-likeness (QED) is 0.694. The van der Waals surface area contributed by atoms with Gasteiger partial charge >= 0.3 is 6.61 Å². The second-order valence-electron chi connectivity index (χ2n) is 5.54. The third kappa shape index (κ3) is 4.66. The number of aryl methyl sites for hydroxylation is 1. The number of alkyl halides is 2. The number of hydrogen-bond acceptors (Lipinski definition) is 3. The first kappa shape index (κ1) is 17.6. The topological polar surface area (TPSA) is 56.1 Å². The summed E-state index contributed by atoms with van der Waals surface area (Å²) < 4.78 is 30.2. The van der Waals surface area contributed by atoms with Crippen LogP contribution in [0.4, 0.5) is 14.5 Å². The van der Waals surface area contributed by atoms with E-state index in [0.29, 0.717) is 12.1 Å². The van der Waals surface area contributed by atoms with Crippen molar-refractivity contribution < 1.29 is 18.3 Å². The summed E-state index contributed by atoms with van der Waals surface area (Å²) in [6.07, 6.45) is 4.22. The number of benzene rings is 2. The third-order valence-electron chi connectivity index (χ3n) is 3.72. The molecule has 0 atom stereocenters. The fourth-order valence-electron chi connectivity index (χ4n) is 2.50. The molecule has 5 nitrogen and oxygen atoms in total. The number of aromatic nitrogens is 2. The number of para-hydroxylation sites is 2. The minimum Gasteiger partial charge on any atom is -0.435 e. The summed E-state index contributed by atoms with van der Waals surface area (Å²) in [5.74, 6) is -0.0427. The van der Waals surface area contributed by atoms with Gasteiger partial charge in [0.15, 0.2) is 0 Å². The fourth-order valence-corrected chi connectivity index (χ4v) is 2.50. The highest BCUT2D eigenvalue weighted by Crippen LogP contribution is 2.20. The maximum Gasteiger partial charge on any atom is 0.387 e. The molecule has 3 aromatic rings. The molecule has 1 heterocycles. The second kappa shape index (κ2) is 8.24. The molecule has 7 heteroatoms. The van der Waals surface area contributed by atoms with Crippen LogP contribution in [0.5, 0.6) is 5.75 Å². The molecule has 0 unspecified atom stereocenters. The first-order chi connectivity index (χ1) is 12.6. The van der Waals surface area contributed by atoms with E-state index in [0.717, 1.165) is 11.3 Å². The van der Waals surface area contributed by atoms with Gasteiger partial charge in [-0.15, -0.1) is 0 Å². The van der Waals surface area contributed by atoms with E-state index in [1.807, 2.05) is 24.3 Å². The van der Waals surface area contributed by atoms with Crippen molar-refractivity contribution in [3.63, 3.8) is 0 Å². The van der Waals surface area contributed by atoms with E-state index in [2.05, 4.69) is 15.2 Å². The van der Waals surface area contributed by atoms with Crippen LogP contribution in [0.1, 0.15) is 12.0 Å². The minimum absolute atomic E-state index is 0.0985. The lowest BCUT2D eigenvalue weighted by molar-refractivity contribution is -0.116. The Morgan fingerprint density at radius 3 is 2.58 bits per heavy atom. The molecule has 0 bridgehead atoms. The lowest BCUT2D eigenvalue weighted by Gasteiger charge is -2.11. The first-order valence-corrected chi connectivity index (χ1v) is 8.04. The number of ether oxygens (including phenoxy) is 1. The van der Waals surface area contributed by atoms with Gasteiger partial charge in [0, 0.05) is 18.8 Å². The molecule has 0 radical (unpaired) electrons. The van der Waals surface area contributed by atoms with Gasteiger partial charge in [0.25, 0.3) is 0 Å². The molecule has 0 aliphatic carbocycles. The molecule has 2 aromatic carbocycles. The zero-order chi connectivity index (χ0) is 18.4. The highest BCUT2D eigenvalue weighted by Gasteiger charge is 2.09. The molecule has 0 aliphatic heterocycles. The summed E-state index contributed by atoms with van der Waals surface area (Å²) in [7, 11) is 0. The molecule has 1 N–H and O–H groups in total. The van der Waals surface area contributed by atoms with Crippen LogP contribution in [0.3, 0.4) is 0 Å². The van der Waals surface area contributed by atoms with E-state index in [-0.39, 0.29) is 18.1 Å². The number of anilines is 1. The molecule has 134 valence electrons. The number of nitrogens with zero attached hydrogens (tertiary/aromatic N) is 2. The molecule has 26 heavy (non-hydrogen) atoms. The number of halogens is 2. The predicted molar refractivity (Wildman–Crippen MR) is 93.6 cm³/mol. The number of carbonyl (C=O) groups is 1. The van der Waals surface area contributed by atoms with Crippen molar-refractivity contribution in [1.29, 1.82) is 0 Å². The summed E-state index contributed by atoms with van der Waals surface area (Å²) in [6, 6.07) is 15.5. The maximum absolute atomic E-state index is 12.3. The summed E-state index contributed by atoms with van der Waals surface area (Å²) in [5, 5.41) is 7.06. The number of nitrogens with one attached hydrogen (secondary N) is 1. The van der Waals surface area contributed by atoms with Gasteiger partial charge in [-0.05, 0) is 42.3 Å². The zero-order valence-corrected chi connectivity index (χ0v) is 13.8. The Kier molecular flexibility index (Phi) is 5.58. The molecule has 1 aromatic heterocycles. The van der Waals surface area contributed by atoms with E-state index in [1.54, 1.807) is 35.3 Å².